The minimum absolute atomic E-state index is 0.157. The number of carbonyl (C=O) groups excluding carboxylic acids is 5. The molecule has 16 heteroatoms. The average molecular weight is 660 g/mol. The average Bonchev–Trinajstić information content (AvgIpc) is 3.34. The van der Waals surface area contributed by atoms with Gasteiger partial charge in [0.2, 0.25) is 17.7 Å². The van der Waals surface area contributed by atoms with Crippen molar-refractivity contribution in [2.45, 2.75) is 71.1 Å². The highest BCUT2D eigenvalue weighted by atomic mass is 16.6. The summed E-state index contributed by atoms with van der Waals surface area (Å²) in [7, 11) is 0. The third kappa shape index (κ3) is 12.5. The number of anilines is 1. The number of unbranched alkanes of at least 4 members (excludes halogenated alkanes) is 1. The van der Waals surface area contributed by atoms with Crippen LogP contribution in [-0.4, -0.2) is 110 Å². The Labute approximate surface area is 274 Å². The van der Waals surface area contributed by atoms with Crippen LogP contribution >= 0.6 is 0 Å². The van der Waals surface area contributed by atoms with Crippen LogP contribution in [-0.2, 0) is 39.9 Å². The highest BCUT2D eigenvalue weighted by Gasteiger charge is 2.40. The van der Waals surface area contributed by atoms with Gasteiger partial charge in [-0.2, -0.15) is 0 Å². The van der Waals surface area contributed by atoms with Crippen molar-refractivity contribution in [2.75, 3.05) is 64.6 Å². The second-order valence-corrected chi connectivity index (χ2v) is 12.0. The maximum Gasteiger partial charge on any atom is 0.410 e. The lowest BCUT2D eigenvalue weighted by Gasteiger charge is -2.29. The number of hydrogen-bond acceptors (Lipinski definition) is 10. The Morgan fingerprint density at radius 2 is 1.74 bits per heavy atom. The van der Waals surface area contributed by atoms with Gasteiger partial charge in [-0.3, -0.25) is 24.5 Å². The lowest BCUT2D eigenvalue weighted by Crippen LogP contribution is -2.52. The van der Waals surface area contributed by atoms with Gasteiger partial charge in [0.05, 0.1) is 39.6 Å². The van der Waals surface area contributed by atoms with Crippen LogP contribution in [0.15, 0.2) is 23.3 Å². The minimum atomic E-state index is -0.740. The molecule has 1 atom stereocenters. The first-order valence-corrected chi connectivity index (χ1v) is 15.8. The van der Waals surface area contributed by atoms with Crippen LogP contribution in [0.25, 0.3) is 10.4 Å². The second-order valence-electron chi connectivity index (χ2n) is 12.0. The molecule has 0 aliphatic carbocycles. The summed E-state index contributed by atoms with van der Waals surface area (Å²) in [6.45, 7) is 8.53. The van der Waals surface area contributed by atoms with Crippen LogP contribution in [0, 0.1) is 0 Å². The third-order valence-corrected chi connectivity index (χ3v) is 7.24. The van der Waals surface area contributed by atoms with Crippen molar-refractivity contribution in [3.05, 3.63) is 39.8 Å². The zero-order chi connectivity index (χ0) is 34.2. The highest BCUT2D eigenvalue weighted by molar-refractivity contribution is 6.06. The number of azide groups is 1. The first kappa shape index (κ1) is 37.2. The van der Waals surface area contributed by atoms with E-state index in [4.69, 9.17) is 24.5 Å². The van der Waals surface area contributed by atoms with E-state index in [-0.39, 0.29) is 56.7 Å². The molecule has 0 saturated carbocycles. The van der Waals surface area contributed by atoms with E-state index in [1.807, 2.05) is 0 Å². The molecule has 0 radical (unpaired) electrons. The molecule has 2 heterocycles. The molecule has 5 amide bonds. The monoisotopic (exact) mass is 659 g/mol. The van der Waals surface area contributed by atoms with E-state index in [1.165, 1.54) is 4.90 Å². The zero-order valence-corrected chi connectivity index (χ0v) is 27.3. The summed E-state index contributed by atoms with van der Waals surface area (Å²) >= 11 is 0. The smallest absolute Gasteiger partial charge is 0.410 e. The molecule has 2 aliphatic rings. The normalized spacial score (nSPS) is 15.9. The van der Waals surface area contributed by atoms with Gasteiger partial charge in [-0.05, 0) is 57.7 Å². The van der Waals surface area contributed by atoms with Crippen LogP contribution in [0.2, 0.25) is 0 Å². The Balaban J connectivity index is 1.40. The van der Waals surface area contributed by atoms with Gasteiger partial charge in [0.15, 0.2) is 0 Å². The second kappa shape index (κ2) is 18.8. The van der Waals surface area contributed by atoms with Crippen molar-refractivity contribution in [3.63, 3.8) is 0 Å². The molecule has 0 spiro atoms. The van der Waals surface area contributed by atoms with Crippen LogP contribution in [0.4, 0.5) is 10.5 Å². The van der Waals surface area contributed by atoms with Crippen molar-refractivity contribution in [2.24, 2.45) is 5.11 Å². The topological polar surface area (TPSA) is 202 Å². The lowest BCUT2D eigenvalue weighted by molar-refractivity contribution is -0.137. The van der Waals surface area contributed by atoms with Crippen molar-refractivity contribution >= 4 is 35.4 Å². The van der Waals surface area contributed by atoms with Crippen molar-refractivity contribution < 1.29 is 42.9 Å². The number of nitrogens with zero attached hydrogens (tertiary/aromatic N) is 5. The van der Waals surface area contributed by atoms with Gasteiger partial charge in [-0.15, -0.1) is 0 Å². The van der Waals surface area contributed by atoms with E-state index in [0.717, 1.165) is 0 Å². The van der Waals surface area contributed by atoms with Gasteiger partial charge in [0.25, 0.3) is 5.91 Å². The Kier molecular flexibility index (Phi) is 14.9. The van der Waals surface area contributed by atoms with E-state index in [1.54, 1.807) is 43.9 Å². The van der Waals surface area contributed by atoms with Crippen molar-refractivity contribution in [3.8, 4) is 0 Å². The molecule has 258 valence electrons. The van der Waals surface area contributed by atoms with Crippen LogP contribution in [0.5, 0.6) is 0 Å². The Morgan fingerprint density at radius 1 is 1.04 bits per heavy atom. The molecular formula is C31H45N7O9. The van der Waals surface area contributed by atoms with Gasteiger partial charge in [0, 0.05) is 60.7 Å². The number of piperidine rings is 1. The maximum atomic E-state index is 13.1. The van der Waals surface area contributed by atoms with E-state index in [0.29, 0.717) is 75.8 Å². The molecule has 1 aromatic rings. The number of fused-ring (bicyclic) bond motifs is 1. The summed E-state index contributed by atoms with van der Waals surface area (Å²) in [6.07, 6.45) is 1.19. The van der Waals surface area contributed by atoms with Gasteiger partial charge in [-0.1, -0.05) is 11.2 Å². The molecule has 0 aromatic heterocycles. The predicted octanol–water partition coefficient (Wildman–Crippen LogP) is 3.15. The van der Waals surface area contributed by atoms with Gasteiger partial charge < -0.3 is 34.1 Å². The Morgan fingerprint density at radius 3 is 2.43 bits per heavy atom. The molecule has 47 heavy (non-hydrogen) atoms. The summed E-state index contributed by atoms with van der Waals surface area (Å²) in [5, 5.41) is 8.55. The molecule has 1 unspecified atom stereocenters. The number of imide groups is 1. The summed E-state index contributed by atoms with van der Waals surface area (Å²) in [5.41, 5.74) is 9.10. The van der Waals surface area contributed by atoms with Gasteiger partial charge in [0.1, 0.15) is 11.6 Å². The lowest BCUT2D eigenvalue weighted by atomic mass is 10.0. The van der Waals surface area contributed by atoms with E-state index >= 15 is 0 Å². The molecule has 2 aliphatic heterocycles. The third-order valence-electron chi connectivity index (χ3n) is 7.24. The summed E-state index contributed by atoms with van der Waals surface area (Å²) in [6, 6.07) is 4.32. The first-order chi connectivity index (χ1) is 22.5. The van der Waals surface area contributed by atoms with Crippen molar-refractivity contribution in [1.29, 1.82) is 0 Å². The number of ether oxygens (including phenoxy) is 4. The maximum absolute atomic E-state index is 13.1. The van der Waals surface area contributed by atoms with Gasteiger partial charge >= 0.3 is 6.09 Å². The van der Waals surface area contributed by atoms with Gasteiger partial charge in [-0.25, -0.2) is 4.79 Å². The Bertz CT molecular complexity index is 1310. The number of benzene rings is 1. The van der Waals surface area contributed by atoms with Crippen LogP contribution in [0.3, 0.4) is 0 Å². The van der Waals surface area contributed by atoms with Crippen molar-refractivity contribution in [1.82, 2.24) is 15.1 Å². The number of nitrogens with one attached hydrogen (secondary N) is 2. The largest absolute Gasteiger partial charge is 0.444 e. The molecule has 16 nitrogen and oxygen atoms in total. The summed E-state index contributed by atoms with van der Waals surface area (Å²) in [5.74, 6) is -1.40. The molecule has 3 rings (SSSR count). The fraction of sp³-hybridized carbons (Fsp3) is 0.645. The molecule has 2 N–H and O–H groups in total. The quantitative estimate of drug-likeness (QED) is 0.0735. The van der Waals surface area contributed by atoms with E-state index < -0.39 is 23.6 Å². The summed E-state index contributed by atoms with van der Waals surface area (Å²) < 4.78 is 21.8. The van der Waals surface area contributed by atoms with Crippen LogP contribution in [0.1, 0.15) is 68.8 Å². The number of hydrogen-bond donors (Lipinski definition) is 2. The summed E-state index contributed by atoms with van der Waals surface area (Å²) in [4.78, 5) is 68.3. The minimum Gasteiger partial charge on any atom is -0.444 e. The van der Waals surface area contributed by atoms with Crippen LogP contribution < -0.4 is 10.6 Å². The predicted molar refractivity (Wildman–Crippen MR) is 169 cm³/mol. The van der Waals surface area contributed by atoms with E-state index in [9.17, 15) is 24.0 Å². The fourth-order valence-corrected chi connectivity index (χ4v) is 4.99. The fourth-order valence-electron chi connectivity index (χ4n) is 4.99. The first-order valence-electron chi connectivity index (χ1n) is 15.8. The molecule has 0 bridgehead atoms. The molecule has 1 aromatic carbocycles. The Hall–Kier alpha value is -4.24. The molecule has 1 saturated heterocycles. The standard InChI is InChI=1S/C31H45N7O9/c1-31(2,3)47-30(43)37(14-16-45-18-20-46-19-17-44-15-12-33-36-32)13-5-4-9-26(39)34-24-8-6-7-22-23(24)21-38(29(22)42)25-10-11-27(40)35-28(25)41/h6-8,25H,4-5,9-21H2,1-3H3,(H,34,39)(H,35,40,41). The van der Waals surface area contributed by atoms with E-state index in [2.05, 4.69) is 20.7 Å². The highest BCUT2D eigenvalue weighted by Crippen LogP contribution is 2.32. The number of rotatable bonds is 19. The number of carbonyl (C=O) groups is 5. The molecular weight excluding hydrogens is 614 g/mol. The zero-order valence-electron chi connectivity index (χ0n) is 27.3. The number of amides is 5. The SMILES string of the molecule is CC(C)(C)OC(=O)N(CCCCC(=O)Nc1cccc2c1CN(C1CCC(=O)NC1=O)C2=O)CCOCCOCCOCCN=[N+]=[N-]. The molecule has 1 fully saturated rings.